The summed E-state index contributed by atoms with van der Waals surface area (Å²) in [7, 11) is -9.94. The number of aliphatic hydroxyl groups excluding tert-OH is 1. The molecule has 0 aromatic carbocycles. The van der Waals surface area contributed by atoms with Crippen molar-refractivity contribution in [3.8, 4) is 0 Å². The molecule has 0 saturated heterocycles. The van der Waals surface area contributed by atoms with Gasteiger partial charge in [0.15, 0.2) is 12.2 Å². The first-order valence-corrected chi connectivity index (χ1v) is 50.0. The van der Waals surface area contributed by atoms with Crippen LogP contribution in [0, 0.1) is 11.8 Å². The van der Waals surface area contributed by atoms with E-state index in [0.717, 1.165) is 102 Å². The predicted octanol–water partition coefficient (Wildman–Crippen LogP) is 28.2. The molecule has 19 heteroatoms. The van der Waals surface area contributed by atoms with Gasteiger partial charge in [0.2, 0.25) is 0 Å². The van der Waals surface area contributed by atoms with Crippen molar-refractivity contribution in [3.63, 3.8) is 0 Å². The molecule has 654 valence electrons. The second-order valence-electron chi connectivity index (χ2n) is 33.6. The normalized spacial score (nSPS) is 13.7. The number of aliphatic hydroxyl groups is 1. The smallest absolute Gasteiger partial charge is 0.462 e. The summed E-state index contributed by atoms with van der Waals surface area (Å²) < 4.78 is 69.1. The molecule has 17 nitrogen and oxygen atoms in total. The summed E-state index contributed by atoms with van der Waals surface area (Å²) in [6, 6.07) is 0. The average Bonchev–Trinajstić information content (AvgIpc) is 0.898. The monoisotopic (exact) mass is 1610 g/mol. The molecule has 0 aromatic heterocycles. The van der Waals surface area contributed by atoms with Gasteiger partial charge < -0.3 is 33.8 Å². The summed E-state index contributed by atoms with van der Waals surface area (Å²) in [5.41, 5.74) is 0. The van der Waals surface area contributed by atoms with Crippen LogP contribution in [0.5, 0.6) is 0 Å². The molecular formula is C91H178O17P2. The number of rotatable bonds is 90. The minimum atomic E-state index is -4.97. The number of phosphoric acid groups is 2. The van der Waals surface area contributed by atoms with E-state index < -0.39 is 97.5 Å². The molecule has 110 heavy (non-hydrogen) atoms. The summed E-state index contributed by atoms with van der Waals surface area (Å²) in [6.45, 7) is 9.72. The Hall–Kier alpha value is -1.94. The topological polar surface area (TPSA) is 237 Å². The molecular weight excluding hydrogens is 1430 g/mol. The van der Waals surface area contributed by atoms with Gasteiger partial charge in [0.05, 0.1) is 26.4 Å². The van der Waals surface area contributed by atoms with Gasteiger partial charge >= 0.3 is 39.5 Å². The molecule has 0 aliphatic rings. The van der Waals surface area contributed by atoms with Crippen LogP contribution in [-0.4, -0.2) is 96.7 Å². The molecule has 0 aliphatic carbocycles. The highest BCUT2D eigenvalue weighted by Crippen LogP contribution is 2.45. The van der Waals surface area contributed by atoms with Gasteiger partial charge in [-0.05, 0) is 37.5 Å². The van der Waals surface area contributed by atoms with Crippen LogP contribution in [0.25, 0.3) is 0 Å². The van der Waals surface area contributed by atoms with Crippen molar-refractivity contribution >= 4 is 39.5 Å². The van der Waals surface area contributed by atoms with Gasteiger partial charge in [-0.25, -0.2) is 9.13 Å². The van der Waals surface area contributed by atoms with Gasteiger partial charge in [0.1, 0.15) is 19.3 Å². The van der Waals surface area contributed by atoms with E-state index in [-0.39, 0.29) is 25.7 Å². The molecule has 0 aliphatic heterocycles. The number of carbonyl (C=O) groups excluding carboxylic acids is 4. The van der Waals surface area contributed by atoms with Crippen LogP contribution in [0.1, 0.15) is 491 Å². The van der Waals surface area contributed by atoms with Crippen molar-refractivity contribution in [1.82, 2.24) is 0 Å². The number of unbranched alkanes of at least 4 members (excludes halogenated alkanes) is 60. The summed E-state index contributed by atoms with van der Waals surface area (Å²) in [5.74, 6) is -0.539. The Morgan fingerprint density at radius 2 is 0.418 bits per heavy atom. The van der Waals surface area contributed by atoms with Crippen LogP contribution >= 0.6 is 15.6 Å². The Labute approximate surface area is 677 Å². The maximum absolute atomic E-state index is 13.2. The van der Waals surface area contributed by atoms with Crippen molar-refractivity contribution in [2.75, 3.05) is 39.6 Å². The fourth-order valence-corrected chi connectivity index (χ4v) is 15.9. The molecule has 5 atom stereocenters. The molecule has 0 amide bonds. The maximum Gasteiger partial charge on any atom is 0.472 e. The lowest BCUT2D eigenvalue weighted by Gasteiger charge is -2.21. The van der Waals surface area contributed by atoms with E-state index in [0.29, 0.717) is 25.7 Å². The Morgan fingerprint density at radius 1 is 0.245 bits per heavy atom. The second kappa shape index (κ2) is 82.2. The summed E-state index contributed by atoms with van der Waals surface area (Å²) in [5, 5.41) is 10.7. The Morgan fingerprint density at radius 3 is 0.618 bits per heavy atom. The number of hydrogen-bond acceptors (Lipinski definition) is 15. The molecule has 0 aromatic rings. The van der Waals surface area contributed by atoms with Crippen molar-refractivity contribution < 1.29 is 80.2 Å². The van der Waals surface area contributed by atoms with Gasteiger partial charge in [-0.1, -0.05) is 440 Å². The fraction of sp³-hybridized carbons (Fsp3) is 0.956. The Bertz CT molecular complexity index is 2100. The lowest BCUT2D eigenvalue weighted by atomic mass is 10.0. The van der Waals surface area contributed by atoms with Crippen molar-refractivity contribution in [2.45, 2.75) is 509 Å². The highest BCUT2D eigenvalue weighted by atomic mass is 31.2. The first-order chi connectivity index (χ1) is 53.4. The maximum atomic E-state index is 13.2. The quantitative estimate of drug-likeness (QED) is 0.0222. The lowest BCUT2D eigenvalue weighted by Crippen LogP contribution is -2.30. The zero-order valence-corrected chi connectivity index (χ0v) is 74.4. The van der Waals surface area contributed by atoms with Crippen LogP contribution in [0.3, 0.4) is 0 Å². The third-order valence-corrected chi connectivity index (χ3v) is 23.4. The summed E-state index contributed by atoms with van der Waals surface area (Å²) >= 11 is 0. The van der Waals surface area contributed by atoms with Gasteiger partial charge in [-0.2, -0.15) is 0 Å². The molecule has 0 rings (SSSR count). The average molecular weight is 1610 g/mol. The number of carbonyl (C=O) groups is 4. The van der Waals surface area contributed by atoms with Crippen LogP contribution in [0.2, 0.25) is 0 Å². The molecule has 0 fully saturated rings. The third kappa shape index (κ3) is 84.0. The Balaban J connectivity index is 5.25. The molecule has 0 saturated carbocycles. The summed E-state index contributed by atoms with van der Waals surface area (Å²) in [6.07, 6.45) is 76.5. The van der Waals surface area contributed by atoms with Gasteiger partial charge in [0.25, 0.3) is 0 Å². The largest absolute Gasteiger partial charge is 0.472 e. The van der Waals surface area contributed by atoms with Crippen molar-refractivity contribution in [2.24, 2.45) is 11.8 Å². The van der Waals surface area contributed by atoms with E-state index in [1.54, 1.807) is 0 Å². The number of esters is 4. The summed E-state index contributed by atoms with van der Waals surface area (Å²) in [4.78, 5) is 73.4. The predicted molar refractivity (Wildman–Crippen MR) is 455 cm³/mol. The van der Waals surface area contributed by atoms with E-state index in [9.17, 15) is 43.2 Å². The second-order valence-corrected chi connectivity index (χ2v) is 36.6. The molecule has 0 heterocycles. The minimum Gasteiger partial charge on any atom is -0.462 e. The van der Waals surface area contributed by atoms with E-state index >= 15 is 0 Å². The first kappa shape index (κ1) is 108. The van der Waals surface area contributed by atoms with Crippen molar-refractivity contribution in [1.29, 1.82) is 0 Å². The minimum absolute atomic E-state index is 0.109. The van der Waals surface area contributed by atoms with E-state index in [4.69, 9.17) is 37.0 Å². The van der Waals surface area contributed by atoms with E-state index in [1.807, 2.05) is 0 Å². The molecule has 0 radical (unpaired) electrons. The first-order valence-electron chi connectivity index (χ1n) is 47.0. The number of hydrogen-bond donors (Lipinski definition) is 3. The van der Waals surface area contributed by atoms with E-state index in [1.165, 1.54) is 308 Å². The Kier molecular flexibility index (Phi) is 80.7. The SMILES string of the molecule is CCCCCCCCCCCCCCCCCCCCCCCC(=O)O[C@H](COC(=O)CCCCCCCCCCCCCCCCCCC(C)C)COP(=O)(O)OC[C@@H](O)COP(=O)(O)OC[C@@H](COC(=O)CCCCCCCCCCCC(C)C)OC(=O)CCCCCCCCCCCCCCCCCCCC. The standard InChI is InChI=1S/C91H178O17P2/c1-7-9-11-13-15-17-19-21-23-25-27-28-29-31-37-41-45-51-58-64-70-75-90(95)107-86(79-101-88(93)73-67-61-55-49-43-39-35-33-32-34-38-42-47-53-59-65-71-83(3)4)81-105-109(97,98)103-77-85(92)78-104-110(99,100)106-82-87(80-102-89(94)74-68-62-56-52-46-48-54-60-66-72-84(5)6)108-91(96)76-69-63-57-50-44-40-36-30-26-24-22-20-18-16-14-12-10-8-2/h83-87,92H,7-82H2,1-6H3,(H,97,98)(H,99,100)/t85-,86-,87-/m1/s1. The van der Waals surface area contributed by atoms with Crippen LogP contribution in [-0.2, 0) is 65.4 Å². The zero-order valence-electron chi connectivity index (χ0n) is 72.6. The fourth-order valence-electron chi connectivity index (χ4n) is 14.3. The highest BCUT2D eigenvalue weighted by Gasteiger charge is 2.31. The zero-order chi connectivity index (χ0) is 80.6. The van der Waals surface area contributed by atoms with E-state index in [2.05, 4.69) is 41.5 Å². The number of phosphoric ester groups is 2. The van der Waals surface area contributed by atoms with Crippen LogP contribution in [0.15, 0.2) is 0 Å². The number of ether oxygens (including phenoxy) is 4. The van der Waals surface area contributed by atoms with Crippen LogP contribution in [0.4, 0.5) is 0 Å². The molecule has 0 spiro atoms. The lowest BCUT2D eigenvalue weighted by molar-refractivity contribution is -0.161. The molecule has 0 bridgehead atoms. The van der Waals surface area contributed by atoms with Gasteiger partial charge in [-0.15, -0.1) is 0 Å². The third-order valence-electron chi connectivity index (χ3n) is 21.5. The van der Waals surface area contributed by atoms with Crippen LogP contribution < -0.4 is 0 Å². The highest BCUT2D eigenvalue weighted by molar-refractivity contribution is 7.47. The van der Waals surface area contributed by atoms with Gasteiger partial charge in [-0.3, -0.25) is 37.3 Å². The van der Waals surface area contributed by atoms with Gasteiger partial charge in [0, 0.05) is 25.7 Å². The molecule has 2 unspecified atom stereocenters. The molecule has 3 N–H and O–H groups in total. The van der Waals surface area contributed by atoms with Crippen molar-refractivity contribution in [3.05, 3.63) is 0 Å².